The Hall–Kier alpha value is -2.27. The number of hydrogen-bond donors (Lipinski definition) is 0. The summed E-state index contributed by atoms with van der Waals surface area (Å²) in [5.41, 5.74) is 1.81. The van der Waals surface area contributed by atoms with Gasteiger partial charge in [0.1, 0.15) is 11.9 Å². The van der Waals surface area contributed by atoms with Crippen LogP contribution in [0.15, 0.2) is 42.6 Å². The summed E-state index contributed by atoms with van der Waals surface area (Å²) < 4.78 is 20.1. The fraction of sp³-hybridized carbons (Fsp3) is 0.400. The molecule has 0 N–H and O–H groups in total. The zero-order valence-corrected chi connectivity index (χ0v) is 14.2. The van der Waals surface area contributed by atoms with Gasteiger partial charge in [0.05, 0.1) is 18.6 Å². The quantitative estimate of drug-likeness (QED) is 0.862. The minimum Gasteiger partial charge on any atom is -0.370 e. The number of benzene rings is 1. The van der Waals surface area contributed by atoms with Crippen molar-refractivity contribution in [2.45, 2.75) is 31.3 Å². The lowest BCUT2D eigenvalue weighted by Crippen LogP contribution is -2.47. The van der Waals surface area contributed by atoms with E-state index in [0.29, 0.717) is 38.1 Å². The van der Waals surface area contributed by atoms with Crippen LogP contribution in [0.4, 0.5) is 4.39 Å². The highest BCUT2D eigenvalue weighted by atomic mass is 19.1. The van der Waals surface area contributed by atoms with E-state index in [2.05, 4.69) is 4.98 Å². The van der Waals surface area contributed by atoms with Crippen LogP contribution in [-0.4, -0.2) is 35.5 Å². The molecule has 130 valence electrons. The number of amides is 1. The molecule has 5 heteroatoms. The van der Waals surface area contributed by atoms with Gasteiger partial charge in [0.15, 0.2) is 0 Å². The summed E-state index contributed by atoms with van der Waals surface area (Å²) in [4.78, 5) is 19.2. The number of nitrogens with zero attached hydrogens (tertiary/aromatic N) is 2. The number of carbonyl (C=O) groups is 1. The third-order valence-electron chi connectivity index (χ3n) is 5.19. The van der Waals surface area contributed by atoms with E-state index in [4.69, 9.17) is 4.74 Å². The first-order valence-electron chi connectivity index (χ1n) is 8.69. The third kappa shape index (κ3) is 2.93. The van der Waals surface area contributed by atoms with E-state index >= 15 is 0 Å². The number of hydrogen-bond acceptors (Lipinski definition) is 3. The molecule has 0 bridgehead atoms. The molecule has 1 aromatic carbocycles. The number of ether oxygens (including phenoxy) is 1. The van der Waals surface area contributed by atoms with Crippen molar-refractivity contribution in [1.29, 1.82) is 0 Å². The van der Waals surface area contributed by atoms with Crippen molar-refractivity contribution >= 4 is 5.91 Å². The summed E-state index contributed by atoms with van der Waals surface area (Å²) in [7, 11) is 0. The molecular weight excluding hydrogens is 319 g/mol. The van der Waals surface area contributed by atoms with Crippen LogP contribution in [0.25, 0.3) is 0 Å². The van der Waals surface area contributed by atoms with Gasteiger partial charge in [0.25, 0.3) is 0 Å². The average Bonchev–Trinajstić information content (AvgIpc) is 3.43. The Morgan fingerprint density at radius 2 is 2.12 bits per heavy atom. The van der Waals surface area contributed by atoms with Gasteiger partial charge in [-0.25, -0.2) is 4.39 Å². The second-order valence-electron chi connectivity index (χ2n) is 6.90. The second kappa shape index (κ2) is 6.23. The molecule has 1 aromatic heterocycles. The fourth-order valence-corrected chi connectivity index (χ4v) is 3.68. The van der Waals surface area contributed by atoms with Crippen molar-refractivity contribution in [3.63, 3.8) is 0 Å². The molecule has 1 atom stereocenters. The minimum atomic E-state index is -0.679. The third-order valence-corrected chi connectivity index (χ3v) is 5.19. The molecule has 2 fully saturated rings. The lowest BCUT2D eigenvalue weighted by molar-refractivity contribution is -0.141. The standard InChI is InChI=1S/C20H21FN2O2/c1-14-12-15(6-9-22-14)18-13-23(10-11-25-18)19(24)20(7-8-20)16-4-2-3-5-17(16)21/h2-6,9,12,18H,7-8,10-11,13H2,1H3/t18-/m0/s1. The number of carbonyl (C=O) groups excluding carboxylic acids is 1. The summed E-state index contributed by atoms with van der Waals surface area (Å²) in [6.07, 6.45) is 3.03. The van der Waals surface area contributed by atoms with Gasteiger partial charge in [-0.2, -0.15) is 0 Å². The summed E-state index contributed by atoms with van der Waals surface area (Å²) in [6.45, 7) is 3.48. The largest absolute Gasteiger partial charge is 0.370 e. The zero-order valence-electron chi connectivity index (χ0n) is 14.2. The maximum Gasteiger partial charge on any atom is 0.233 e. The van der Waals surface area contributed by atoms with Gasteiger partial charge in [-0.05, 0) is 43.5 Å². The Bertz CT molecular complexity index is 804. The molecule has 1 saturated carbocycles. The predicted molar refractivity (Wildman–Crippen MR) is 91.6 cm³/mol. The Morgan fingerprint density at radius 1 is 1.32 bits per heavy atom. The molecule has 0 spiro atoms. The van der Waals surface area contributed by atoms with Gasteiger partial charge in [-0.15, -0.1) is 0 Å². The van der Waals surface area contributed by atoms with Crippen molar-refractivity contribution in [1.82, 2.24) is 9.88 Å². The number of halogens is 1. The summed E-state index contributed by atoms with van der Waals surface area (Å²) in [5.74, 6) is -0.264. The molecule has 0 radical (unpaired) electrons. The van der Waals surface area contributed by atoms with Gasteiger partial charge in [-0.1, -0.05) is 18.2 Å². The van der Waals surface area contributed by atoms with Gasteiger partial charge < -0.3 is 9.64 Å². The van der Waals surface area contributed by atoms with Gasteiger partial charge >= 0.3 is 0 Å². The topological polar surface area (TPSA) is 42.4 Å². The Kier molecular flexibility index (Phi) is 4.04. The van der Waals surface area contributed by atoms with E-state index in [0.717, 1.165) is 11.3 Å². The zero-order chi connectivity index (χ0) is 17.4. The lowest BCUT2D eigenvalue weighted by Gasteiger charge is -2.35. The minimum absolute atomic E-state index is 0.0247. The number of aryl methyl sites for hydroxylation is 1. The van der Waals surface area contributed by atoms with E-state index in [9.17, 15) is 9.18 Å². The molecule has 2 aliphatic rings. The van der Waals surface area contributed by atoms with Crippen LogP contribution in [-0.2, 0) is 14.9 Å². The molecule has 1 aliphatic carbocycles. The first kappa shape index (κ1) is 16.2. The van der Waals surface area contributed by atoms with Crippen molar-refractivity contribution in [3.05, 3.63) is 65.2 Å². The SMILES string of the molecule is Cc1cc([C@@H]2CN(C(=O)C3(c4ccccc4F)CC3)CCO2)ccn1. The Morgan fingerprint density at radius 3 is 2.84 bits per heavy atom. The first-order chi connectivity index (χ1) is 12.1. The number of pyridine rings is 1. The van der Waals surface area contributed by atoms with Crippen LogP contribution in [0.5, 0.6) is 0 Å². The van der Waals surface area contributed by atoms with Gasteiger partial charge in [0, 0.05) is 24.0 Å². The van der Waals surface area contributed by atoms with Crippen LogP contribution < -0.4 is 0 Å². The molecule has 2 heterocycles. The van der Waals surface area contributed by atoms with Gasteiger partial charge in [-0.3, -0.25) is 9.78 Å². The predicted octanol–water partition coefficient (Wildman–Crippen LogP) is 3.16. The molecule has 1 amide bonds. The van der Waals surface area contributed by atoms with E-state index in [-0.39, 0.29) is 17.8 Å². The number of morpholine rings is 1. The molecule has 1 aliphatic heterocycles. The van der Waals surface area contributed by atoms with Crippen LogP contribution in [0.2, 0.25) is 0 Å². The van der Waals surface area contributed by atoms with Crippen LogP contribution in [0.3, 0.4) is 0 Å². The maximum atomic E-state index is 14.2. The summed E-state index contributed by atoms with van der Waals surface area (Å²) in [5, 5.41) is 0. The molecule has 4 rings (SSSR count). The van der Waals surface area contributed by atoms with Crippen LogP contribution in [0.1, 0.15) is 35.8 Å². The normalized spacial score (nSPS) is 21.8. The van der Waals surface area contributed by atoms with E-state index in [1.54, 1.807) is 24.4 Å². The molecule has 0 unspecified atom stereocenters. The monoisotopic (exact) mass is 340 g/mol. The first-order valence-corrected chi connectivity index (χ1v) is 8.69. The molecule has 4 nitrogen and oxygen atoms in total. The van der Waals surface area contributed by atoms with E-state index < -0.39 is 5.41 Å². The number of aromatic nitrogens is 1. The van der Waals surface area contributed by atoms with Crippen molar-refractivity contribution in [3.8, 4) is 0 Å². The highest BCUT2D eigenvalue weighted by Crippen LogP contribution is 2.50. The maximum absolute atomic E-state index is 14.2. The lowest BCUT2D eigenvalue weighted by atomic mass is 9.93. The highest BCUT2D eigenvalue weighted by Gasteiger charge is 2.54. The molecule has 1 saturated heterocycles. The Balaban J connectivity index is 1.56. The van der Waals surface area contributed by atoms with E-state index in [1.807, 2.05) is 24.0 Å². The Labute approximate surface area is 146 Å². The molecule has 2 aromatic rings. The van der Waals surface area contributed by atoms with Crippen LogP contribution >= 0.6 is 0 Å². The van der Waals surface area contributed by atoms with Crippen LogP contribution in [0, 0.1) is 12.7 Å². The van der Waals surface area contributed by atoms with Crippen molar-refractivity contribution in [2.24, 2.45) is 0 Å². The summed E-state index contributed by atoms with van der Waals surface area (Å²) in [6, 6.07) is 10.6. The molecular formula is C20H21FN2O2. The van der Waals surface area contributed by atoms with Crippen molar-refractivity contribution in [2.75, 3.05) is 19.7 Å². The smallest absolute Gasteiger partial charge is 0.233 e. The van der Waals surface area contributed by atoms with Gasteiger partial charge in [0.2, 0.25) is 5.91 Å². The summed E-state index contributed by atoms with van der Waals surface area (Å²) >= 11 is 0. The fourth-order valence-electron chi connectivity index (χ4n) is 3.68. The average molecular weight is 340 g/mol. The van der Waals surface area contributed by atoms with E-state index in [1.165, 1.54) is 6.07 Å². The highest BCUT2D eigenvalue weighted by molar-refractivity contribution is 5.91. The molecule has 25 heavy (non-hydrogen) atoms. The van der Waals surface area contributed by atoms with Crippen molar-refractivity contribution < 1.29 is 13.9 Å². The number of rotatable bonds is 3. The second-order valence-corrected chi connectivity index (χ2v) is 6.90.